The topological polar surface area (TPSA) is 160 Å². The summed E-state index contributed by atoms with van der Waals surface area (Å²) in [7, 11) is 2.68. The van der Waals surface area contributed by atoms with Crippen LogP contribution in [0, 0.1) is 20.2 Å². The number of non-ortho nitro benzene ring substituents is 1. The van der Waals surface area contributed by atoms with Crippen molar-refractivity contribution in [2.24, 2.45) is 0 Å². The van der Waals surface area contributed by atoms with Gasteiger partial charge in [-0.15, -0.1) is 0 Å². The van der Waals surface area contributed by atoms with Gasteiger partial charge in [0.25, 0.3) is 11.4 Å². The highest BCUT2D eigenvalue weighted by Gasteiger charge is 2.24. The third kappa shape index (κ3) is 5.25. The van der Waals surface area contributed by atoms with Crippen LogP contribution >= 0.6 is 0 Å². The van der Waals surface area contributed by atoms with Crippen molar-refractivity contribution in [1.82, 2.24) is 0 Å². The average molecular weight is 422 g/mol. The van der Waals surface area contributed by atoms with Crippen LogP contribution in [-0.4, -0.2) is 48.4 Å². The molecule has 0 spiro atoms. The van der Waals surface area contributed by atoms with E-state index >= 15 is 0 Å². The van der Waals surface area contributed by atoms with E-state index in [4.69, 9.17) is 24.1 Å². The zero-order chi connectivity index (χ0) is 22.3. The van der Waals surface area contributed by atoms with Gasteiger partial charge < -0.3 is 24.1 Å². The van der Waals surface area contributed by atoms with Crippen molar-refractivity contribution >= 4 is 17.3 Å². The van der Waals surface area contributed by atoms with Crippen LogP contribution < -0.4 is 18.9 Å². The summed E-state index contributed by atoms with van der Waals surface area (Å²) in [5.41, 5.74) is -1.31. The van der Waals surface area contributed by atoms with Gasteiger partial charge in [0.05, 0.1) is 49.4 Å². The number of nitro benzene ring substituents is 2. The molecule has 0 saturated heterocycles. The fraction of sp³-hybridized carbons (Fsp3) is 0.278. The summed E-state index contributed by atoms with van der Waals surface area (Å²) < 4.78 is 21.1. The van der Waals surface area contributed by atoms with Crippen molar-refractivity contribution in [2.75, 3.05) is 27.4 Å². The first-order chi connectivity index (χ1) is 14.3. The molecule has 0 aliphatic carbocycles. The maximum absolute atomic E-state index is 11.2. The van der Waals surface area contributed by atoms with Gasteiger partial charge in [0.15, 0.2) is 23.0 Å². The molecule has 0 radical (unpaired) electrons. The summed E-state index contributed by atoms with van der Waals surface area (Å²) in [6, 6.07) is 5.93. The fourth-order valence-electron chi connectivity index (χ4n) is 2.46. The van der Waals surface area contributed by atoms with Crippen molar-refractivity contribution in [2.45, 2.75) is 6.42 Å². The van der Waals surface area contributed by atoms with E-state index in [2.05, 4.69) is 0 Å². The minimum Gasteiger partial charge on any atom is -0.493 e. The number of nitrogens with zero attached hydrogens (tertiary/aromatic N) is 2. The molecule has 0 bridgehead atoms. The molecule has 0 heterocycles. The minimum absolute atomic E-state index is 0.00197. The van der Waals surface area contributed by atoms with Gasteiger partial charge in [0.2, 0.25) is 0 Å². The lowest BCUT2D eigenvalue weighted by Crippen LogP contribution is -2.08. The molecular formula is C18H18N2O10. The molecule has 0 fully saturated rings. The number of aromatic carboxylic acids is 1. The predicted octanol–water partition coefficient (Wildman–Crippen LogP) is 3.07. The zero-order valence-corrected chi connectivity index (χ0v) is 16.0. The Morgan fingerprint density at radius 1 is 0.900 bits per heavy atom. The molecule has 2 aromatic rings. The molecule has 0 saturated carbocycles. The number of ether oxygens (including phenoxy) is 4. The summed E-state index contributed by atoms with van der Waals surface area (Å²) in [4.78, 5) is 31.8. The lowest BCUT2D eigenvalue weighted by molar-refractivity contribution is -0.385. The van der Waals surface area contributed by atoms with Crippen LogP contribution in [0.25, 0.3) is 0 Å². The number of carbonyl (C=O) groups is 1. The van der Waals surface area contributed by atoms with Crippen molar-refractivity contribution < 1.29 is 38.7 Å². The lowest BCUT2D eigenvalue weighted by atomic mass is 10.1. The quantitative estimate of drug-likeness (QED) is 0.324. The number of hydrogen-bond acceptors (Lipinski definition) is 9. The molecule has 0 aliphatic heterocycles. The molecule has 0 aliphatic rings. The van der Waals surface area contributed by atoms with Crippen LogP contribution in [0.5, 0.6) is 23.0 Å². The number of hydrogen-bond donors (Lipinski definition) is 1. The van der Waals surface area contributed by atoms with Gasteiger partial charge in [-0.25, -0.2) is 4.79 Å². The number of nitro groups is 2. The lowest BCUT2D eigenvalue weighted by Gasteiger charge is -2.13. The third-order valence-electron chi connectivity index (χ3n) is 3.87. The first-order valence-electron chi connectivity index (χ1n) is 8.46. The molecule has 12 nitrogen and oxygen atoms in total. The van der Waals surface area contributed by atoms with Gasteiger partial charge in [0, 0.05) is 18.6 Å². The van der Waals surface area contributed by atoms with Crippen LogP contribution in [0.4, 0.5) is 11.4 Å². The molecule has 1 N–H and O–H groups in total. The van der Waals surface area contributed by atoms with E-state index in [1.54, 1.807) is 0 Å². The molecule has 0 unspecified atom stereocenters. The first-order valence-corrected chi connectivity index (χ1v) is 8.46. The Bertz CT molecular complexity index is 960. The highest BCUT2D eigenvalue weighted by Crippen LogP contribution is 2.35. The molecule has 30 heavy (non-hydrogen) atoms. The van der Waals surface area contributed by atoms with Crippen LogP contribution in [0.15, 0.2) is 30.3 Å². The number of carboxylic acid groups (broad SMARTS) is 1. The maximum Gasteiger partial charge on any atom is 0.342 e. The smallest absolute Gasteiger partial charge is 0.342 e. The Hall–Kier alpha value is -4.09. The van der Waals surface area contributed by atoms with E-state index in [1.807, 2.05) is 0 Å². The Morgan fingerprint density at radius 2 is 1.50 bits per heavy atom. The molecule has 2 rings (SSSR count). The molecule has 160 valence electrons. The van der Waals surface area contributed by atoms with Crippen molar-refractivity contribution in [3.05, 3.63) is 56.1 Å². The number of methoxy groups -OCH3 is 2. The van der Waals surface area contributed by atoms with E-state index < -0.39 is 27.1 Å². The van der Waals surface area contributed by atoms with Crippen molar-refractivity contribution in [1.29, 1.82) is 0 Å². The molecule has 0 aromatic heterocycles. The Morgan fingerprint density at radius 3 is 2.00 bits per heavy atom. The molecule has 12 heteroatoms. The van der Waals surface area contributed by atoms with Crippen LogP contribution in [0.2, 0.25) is 0 Å². The highest BCUT2D eigenvalue weighted by atomic mass is 16.6. The molecule has 2 aromatic carbocycles. The minimum atomic E-state index is -1.47. The summed E-state index contributed by atoms with van der Waals surface area (Å²) in [6.45, 7) is 0.159. The number of benzene rings is 2. The monoisotopic (exact) mass is 422 g/mol. The number of carboxylic acids is 1. The van der Waals surface area contributed by atoms with Gasteiger partial charge in [-0.05, 0) is 6.07 Å². The van der Waals surface area contributed by atoms with Gasteiger partial charge >= 0.3 is 5.97 Å². The highest BCUT2D eigenvalue weighted by molar-refractivity contribution is 5.93. The van der Waals surface area contributed by atoms with E-state index in [0.717, 1.165) is 12.1 Å². The Kier molecular flexibility index (Phi) is 7.33. The first kappa shape index (κ1) is 22.2. The van der Waals surface area contributed by atoms with Gasteiger partial charge in [-0.2, -0.15) is 0 Å². The van der Waals surface area contributed by atoms with Crippen molar-refractivity contribution in [3.8, 4) is 23.0 Å². The normalized spacial score (nSPS) is 10.2. The number of rotatable bonds is 11. The zero-order valence-electron chi connectivity index (χ0n) is 16.0. The van der Waals surface area contributed by atoms with Crippen LogP contribution in [-0.2, 0) is 0 Å². The summed E-state index contributed by atoms with van der Waals surface area (Å²) in [5.74, 6) is -0.930. The van der Waals surface area contributed by atoms with Crippen molar-refractivity contribution in [3.63, 3.8) is 0 Å². The Balaban J connectivity index is 2.03. The fourth-order valence-corrected chi connectivity index (χ4v) is 2.46. The summed E-state index contributed by atoms with van der Waals surface area (Å²) in [6.07, 6.45) is 0.309. The van der Waals surface area contributed by atoms with Crippen LogP contribution in [0.3, 0.4) is 0 Å². The molecular weight excluding hydrogens is 404 g/mol. The predicted molar refractivity (Wildman–Crippen MR) is 102 cm³/mol. The molecule has 0 amide bonds. The maximum atomic E-state index is 11.2. The second-order valence-corrected chi connectivity index (χ2v) is 5.73. The van der Waals surface area contributed by atoms with E-state index in [9.17, 15) is 25.0 Å². The molecule has 0 atom stereocenters. The standard InChI is InChI=1S/C18H18N2O10/c1-27-14-5-4-11(19(23)24)8-16(14)29-6-3-7-30-17-10-13(20(25)26)12(18(21)22)9-15(17)28-2/h4-5,8-10H,3,6-7H2,1-2H3,(H,21,22). The SMILES string of the molecule is COc1ccc([N+](=O)[O-])cc1OCCCOc1cc([N+](=O)[O-])c(C(=O)O)cc1OC. The second-order valence-electron chi connectivity index (χ2n) is 5.73. The third-order valence-corrected chi connectivity index (χ3v) is 3.87. The van der Waals surface area contributed by atoms with Gasteiger partial charge in [0.1, 0.15) is 5.56 Å². The van der Waals surface area contributed by atoms with Crippen LogP contribution in [0.1, 0.15) is 16.8 Å². The second kappa shape index (κ2) is 9.91. The Labute approximate surface area is 169 Å². The van der Waals surface area contributed by atoms with E-state index in [1.165, 1.54) is 32.4 Å². The summed E-state index contributed by atoms with van der Waals surface area (Å²) >= 11 is 0. The summed E-state index contributed by atoms with van der Waals surface area (Å²) in [5, 5.41) is 31.1. The largest absolute Gasteiger partial charge is 0.493 e. The van der Waals surface area contributed by atoms with Gasteiger partial charge in [-0.1, -0.05) is 0 Å². The van der Waals surface area contributed by atoms with E-state index in [0.29, 0.717) is 12.2 Å². The van der Waals surface area contributed by atoms with E-state index in [-0.39, 0.29) is 36.1 Å². The van der Waals surface area contributed by atoms with Gasteiger partial charge in [-0.3, -0.25) is 20.2 Å². The average Bonchev–Trinajstić information content (AvgIpc) is 2.72.